The van der Waals surface area contributed by atoms with Crippen molar-refractivity contribution in [3.63, 3.8) is 0 Å². The van der Waals surface area contributed by atoms with Crippen molar-refractivity contribution in [1.29, 1.82) is 0 Å². The van der Waals surface area contributed by atoms with Crippen LogP contribution in [0.2, 0.25) is 0 Å². The molecule has 0 radical (unpaired) electrons. The van der Waals surface area contributed by atoms with E-state index in [0.717, 1.165) is 19.3 Å². The second-order valence-electron chi connectivity index (χ2n) is 9.55. The van der Waals surface area contributed by atoms with Crippen LogP contribution in [-0.4, -0.2) is 0 Å². The van der Waals surface area contributed by atoms with Crippen LogP contribution in [0.1, 0.15) is 53.0 Å². The van der Waals surface area contributed by atoms with Gasteiger partial charge in [0.2, 0.25) is 0 Å². The quantitative estimate of drug-likeness (QED) is 0.309. The van der Waals surface area contributed by atoms with E-state index in [-0.39, 0.29) is 0 Å². The van der Waals surface area contributed by atoms with E-state index in [4.69, 9.17) is 4.74 Å². The van der Waals surface area contributed by atoms with Crippen molar-refractivity contribution in [3.8, 4) is 0 Å². The van der Waals surface area contributed by atoms with Crippen LogP contribution in [0, 0.1) is 0 Å². The summed E-state index contributed by atoms with van der Waals surface area (Å²) in [6.07, 6.45) is 3.26. The summed E-state index contributed by atoms with van der Waals surface area (Å²) in [5.74, 6) is 0.522. The van der Waals surface area contributed by atoms with Gasteiger partial charge in [-0.15, -0.1) is 0 Å². The largest absolute Gasteiger partial charge is 0.341 e. The van der Waals surface area contributed by atoms with Crippen molar-refractivity contribution < 1.29 is 4.74 Å². The third kappa shape index (κ3) is 2.46. The highest BCUT2D eigenvalue weighted by Gasteiger charge is 2.65. The first-order valence-electron chi connectivity index (χ1n) is 12.0. The molecule has 2 bridgehead atoms. The molecule has 2 heterocycles. The molecule has 1 heteroatoms. The zero-order valence-electron chi connectivity index (χ0n) is 18.6. The molecule has 0 saturated carbocycles. The maximum absolute atomic E-state index is 7.45. The molecule has 0 N–H and O–H groups in total. The fourth-order valence-corrected chi connectivity index (χ4v) is 6.70. The van der Waals surface area contributed by atoms with Crippen LogP contribution < -0.4 is 0 Å². The molecule has 0 amide bonds. The Morgan fingerprint density at radius 3 is 1.61 bits per heavy atom. The summed E-state index contributed by atoms with van der Waals surface area (Å²) in [5, 5.41) is 0. The van der Waals surface area contributed by atoms with Crippen molar-refractivity contribution in [2.45, 2.75) is 36.4 Å². The molecule has 0 saturated heterocycles. The zero-order valence-corrected chi connectivity index (χ0v) is 18.6. The summed E-state index contributed by atoms with van der Waals surface area (Å²) in [5.41, 5.74) is 8.52. The molecule has 2 aliphatic heterocycles. The van der Waals surface area contributed by atoms with E-state index in [1.165, 1.54) is 39.0 Å². The number of hydrogen-bond donors (Lipinski definition) is 0. The molecule has 0 fully saturated rings. The van der Waals surface area contributed by atoms with Gasteiger partial charge < -0.3 is 4.74 Å². The molecular weight excluding hydrogens is 400 g/mol. The zero-order chi connectivity index (χ0) is 21.9. The number of fused-ring (bicyclic) bond motifs is 7. The fourth-order valence-electron chi connectivity index (χ4n) is 6.70. The first-order valence-corrected chi connectivity index (χ1v) is 12.0. The van der Waals surface area contributed by atoms with Crippen LogP contribution in [0.4, 0.5) is 0 Å². The lowest BCUT2D eigenvalue weighted by Crippen LogP contribution is -2.31. The SMILES string of the molecule is c1ccc([C@@H]2CCC3=C(C2)[C@]2(c4ccccc4)O[C@@]3(c3ccccc3)c3ccccc32)cc1. The molecule has 1 aliphatic carbocycles. The molecular formula is C32H26O. The average Bonchev–Trinajstić information content (AvgIpc) is 3.40. The van der Waals surface area contributed by atoms with Crippen LogP contribution in [0.25, 0.3) is 0 Å². The van der Waals surface area contributed by atoms with Gasteiger partial charge in [-0.25, -0.2) is 0 Å². The van der Waals surface area contributed by atoms with E-state index >= 15 is 0 Å². The molecule has 0 spiro atoms. The Balaban J connectivity index is 1.51. The second-order valence-corrected chi connectivity index (χ2v) is 9.55. The molecule has 0 aromatic heterocycles. The summed E-state index contributed by atoms with van der Waals surface area (Å²) in [6, 6.07) is 41.7. The Kier molecular flexibility index (Phi) is 4.07. The minimum atomic E-state index is -0.517. The Bertz CT molecular complexity index is 1360. The van der Waals surface area contributed by atoms with Gasteiger partial charge in [-0.1, -0.05) is 115 Å². The molecule has 3 aliphatic rings. The first-order chi connectivity index (χ1) is 16.3. The second kappa shape index (κ2) is 7.04. The fraction of sp³-hybridized carbons (Fsp3) is 0.188. The van der Waals surface area contributed by atoms with Gasteiger partial charge >= 0.3 is 0 Å². The standard InChI is InChI=1S/C32H26O/c1-4-12-23(13-5-1)24-20-21-29-30(22-24)32(26-16-8-3-9-17-26)28-19-11-10-18-27(28)31(29,33-32)25-14-6-2-7-15-25/h1-19,24H,20-22H2/t24-,31+,32-/m1/s1. The lowest BCUT2D eigenvalue weighted by atomic mass is 9.62. The van der Waals surface area contributed by atoms with Gasteiger partial charge in [-0.05, 0) is 64.1 Å². The molecule has 4 aromatic rings. The van der Waals surface area contributed by atoms with Gasteiger partial charge in [0.15, 0.2) is 0 Å². The van der Waals surface area contributed by atoms with E-state index in [9.17, 15) is 0 Å². The summed E-state index contributed by atoms with van der Waals surface area (Å²) in [7, 11) is 0. The highest BCUT2D eigenvalue weighted by atomic mass is 16.5. The summed E-state index contributed by atoms with van der Waals surface area (Å²) in [4.78, 5) is 0. The van der Waals surface area contributed by atoms with Gasteiger partial charge in [0, 0.05) is 0 Å². The molecule has 7 rings (SSSR count). The van der Waals surface area contributed by atoms with Crippen LogP contribution >= 0.6 is 0 Å². The summed E-state index contributed by atoms with van der Waals surface area (Å²) >= 11 is 0. The van der Waals surface area contributed by atoms with E-state index in [1.54, 1.807) is 0 Å². The van der Waals surface area contributed by atoms with Crippen LogP contribution in [0.5, 0.6) is 0 Å². The molecule has 4 aromatic carbocycles. The Morgan fingerprint density at radius 1 is 0.545 bits per heavy atom. The highest BCUT2D eigenvalue weighted by molar-refractivity contribution is 5.68. The minimum Gasteiger partial charge on any atom is -0.341 e. The van der Waals surface area contributed by atoms with Gasteiger partial charge in [-0.2, -0.15) is 0 Å². The maximum Gasteiger partial charge on any atom is 0.142 e. The number of rotatable bonds is 3. The lowest BCUT2D eigenvalue weighted by Gasteiger charge is -2.38. The predicted molar refractivity (Wildman–Crippen MR) is 132 cm³/mol. The average molecular weight is 427 g/mol. The van der Waals surface area contributed by atoms with Crippen LogP contribution in [-0.2, 0) is 15.9 Å². The van der Waals surface area contributed by atoms with Crippen LogP contribution in [0.3, 0.4) is 0 Å². The molecule has 33 heavy (non-hydrogen) atoms. The van der Waals surface area contributed by atoms with Gasteiger partial charge in [0.25, 0.3) is 0 Å². The number of ether oxygens (including phenoxy) is 1. The monoisotopic (exact) mass is 426 g/mol. The maximum atomic E-state index is 7.45. The number of hydrogen-bond acceptors (Lipinski definition) is 1. The normalized spacial score (nSPS) is 27.3. The van der Waals surface area contributed by atoms with Crippen molar-refractivity contribution >= 4 is 0 Å². The molecule has 160 valence electrons. The third-order valence-corrected chi connectivity index (χ3v) is 8.03. The predicted octanol–water partition coefficient (Wildman–Crippen LogP) is 7.48. The highest BCUT2D eigenvalue weighted by Crippen LogP contribution is 2.69. The molecule has 3 atom stereocenters. The van der Waals surface area contributed by atoms with Crippen molar-refractivity contribution in [2.75, 3.05) is 0 Å². The van der Waals surface area contributed by atoms with E-state index in [2.05, 4.69) is 115 Å². The lowest BCUT2D eigenvalue weighted by molar-refractivity contribution is -0.0334. The van der Waals surface area contributed by atoms with Gasteiger partial charge in [0.05, 0.1) is 0 Å². The molecule has 1 nitrogen and oxygen atoms in total. The minimum absolute atomic E-state index is 0.495. The van der Waals surface area contributed by atoms with E-state index < -0.39 is 11.2 Å². The van der Waals surface area contributed by atoms with Crippen molar-refractivity contribution in [1.82, 2.24) is 0 Å². The van der Waals surface area contributed by atoms with Crippen molar-refractivity contribution in [2.24, 2.45) is 0 Å². The van der Waals surface area contributed by atoms with E-state index in [0.29, 0.717) is 5.92 Å². The number of benzene rings is 4. The Morgan fingerprint density at radius 2 is 1.03 bits per heavy atom. The smallest absolute Gasteiger partial charge is 0.142 e. The summed E-state index contributed by atoms with van der Waals surface area (Å²) < 4.78 is 7.45. The van der Waals surface area contributed by atoms with E-state index in [1.807, 2.05) is 0 Å². The van der Waals surface area contributed by atoms with Gasteiger partial charge in [-0.3, -0.25) is 0 Å². The van der Waals surface area contributed by atoms with Crippen LogP contribution in [0.15, 0.2) is 126 Å². The van der Waals surface area contributed by atoms with Crippen molar-refractivity contribution in [3.05, 3.63) is 154 Å². The Hall–Kier alpha value is -3.42. The topological polar surface area (TPSA) is 9.23 Å². The molecule has 0 unspecified atom stereocenters. The third-order valence-electron chi connectivity index (χ3n) is 8.03. The first kappa shape index (κ1) is 19.1. The summed E-state index contributed by atoms with van der Waals surface area (Å²) in [6.45, 7) is 0. The Labute approximate surface area is 195 Å². The van der Waals surface area contributed by atoms with Gasteiger partial charge in [0.1, 0.15) is 11.2 Å².